The Kier molecular flexibility index (Phi) is 5.55. The van der Waals surface area contributed by atoms with Crippen LogP contribution in [0.15, 0.2) is 47.5 Å². The molecule has 1 N–H and O–H groups in total. The van der Waals surface area contributed by atoms with Crippen molar-refractivity contribution in [2.75, 3.05) is 31.1 Å². The number of nitrogens with one attached hydrogen (secondary N) is 1. The Hall–Kier alpha value is -2.45. The topological polar surface area (TPSA) is 82.6 Å². The monoisotopic (exact) mass is 428 g/mol. The fraction of sp³-hybridized carbons (Fsp3) is 0.455. The second-order valence-electron chi connectivity index (χ2n) is 8.65. The molecule has 0 radical (unpaired) electrons. The Morgan fingerprint density at radius 2 is 1.93 bits per heavy atom. The van der Waals surface area contributed by atoms with Crippen LogP contribution in [0.1, 0.15) is 37.9 Å². The molecule has 0 bridgehead atoms. The third-order valence-corrected chi connectivity index (χ3v) is 7.29. The van der Waals surface area contributed by atoms with Crippen LogP contribution in [-0.4, -0.2) is 50.4 Å². The highest BCUT2D eigenvalue weighted by molar-refractivity contribution is 7.89. The maximum absolute atomic E-state index is 12.8. The van der Waals surface area contributed by atoms with Gasteiger partial charge in [-0.1, -0.05) is 19.9 Å². The maximum atomic E-state index is 12.8. The third kappa shape index (κ3) is 4.20. The number of aromatic nitrogens is 1. The lowest BCUT2D eigenvalue weighted by molar-refractivity contribution is -0.128. The molecule has 160 valence electrons. The van der Waals surface area contributed by atoms with Gasteiger partial charge in [0.1, 0.15) is 0 Å². The lowest BCUT2D eigenvalue weighted by atomic mass is 9.87. The van der Waals surface area contributed by atoms with E-state index in [1.165, 1.54) is 0 Å². The van der Waals surface area contributed by atoms with Crippen LogP contribution >= 0.6 is 0 Å². The summed E-state index contributed by atoms with van der Waals surface area (Å²) in [6, 6.07) is 10.6. The summed E-state index contributed by atoms with van der Waals surface area (Å²) in [5.74, 6) is 0.143. The van der Waals surface area contributed by atoms with Crippen LogP contribution in [0.4, 0.5) is 5.69 Å². The number of sulfonamides is 1. The van der Waals surface area contributed by atoms with Crippen LogP contribution in [0.3, 0.4) is 0 Å². The molecular formula is C22H28N4O3S. The van der Waals surface area contributed by atoms with Crippen molar-refractivity contribution in [3.05, 3.63) is 53.9 Å². The van der Waals surface area contributed by atoms with Crippen LogP contribution in [0.2, 0.25) is 0 Å². The van der Waals surface area contributed by atoms with Crippen molar-refractivity contribution in [3.63, 3.8) is 0 Å². The van der Waals surface area contributed by atoms with E-state index in [1.54, 1.807) is 30.5 Å². The highest BCUT2D eigenvalue weighted by Gasteiger charge is 2.37. The second-order valence-corrected chi connectivity index (χ2v) is 10.4. The van der Waals surface area contributed by atoms with Gasteiger partial charge in [-0.25, -0.2) is 13.1 Å². The number of fused-ring (bicyclic) bond motifs is 1. The minimum Gasteiger partial charge on any atom is -0.361 e. The van der Waals surface area contributed by atoms with Crippen LogP contribution in [0, 0.1) is 0 Å². The fourth-order valence-corrected chi connectivity index (χ4v) is 5.30. The lowest BCUT2D eigenvalue weighted by Gasteiger charge is -2.24. The first kappa shape index (κ1) is 20.8. The molecule has 7 nitrogen and oxygen atoms in total. The van der Waals surface area contributed by atoms with Gasteiger partial charge < -0.3 is 9.80 Å². The standard InChI is InChI=1S/C22H28N4O3S/c1-22(2)16-26(15-21(27)25-11-5-6-12-25)20-9-8-18(13-19(20)22)30(28,29)24-14-17-7-3-4-10-23-17/h3-4,7-10,13,24H,5-6,11-12,14-16H2,1-2H3. The van der Waals surface area contributed by atoms with Crippen LogP contribution in [-0.2, 0) is 26.8 Å². The summed E-state index contributed by atoms with van der Waals surface area (Å²) >= 11 is 0. The van der Waals surface area contributed by atoms with Crippen molar-refractivity contribution in [2.45, 2.75) is 43.5 Å². The molecule has 30 heavy (non-hydrogen) atoms. The second kappa shape index (κ2) is 8.00. The molecule has 0 atom stereocenters. The zero-order valence-electron chi connectivity index (χ0n) is 17.5. The summed E-state index contributed by atoms with van der Waals surface area (Å²) in [5.41, 5.74) is 2.32. The van der Waals surface area contributed by atoms with E-state index in [-0.39, 0.29) is 22.8 Å². The highest BCUT2D eigenvalue weighted by Crippen LogP contribution is 2.41. The number of rotatable bonds is 6. The Balaban J connectivity index is 1.53. The molecule has 1 aromatic heterocycles. The van der Waals surface area contributed by atoms with Gasteiger partial charge in [0.25, 0.3) is 0 Å². The summed E-state index contributed by atoms with van der Waals surface area (Å²) in [6.07, 6.45) is 3.78. The van der Waals surface area contributed by atoms with E-state index in [1.807, 2.05) is 17.0 Å². The molecular weight excluding hydrogens is 400 g/mol. The Morgan fingerprint density at radius 1 is 1.17 bits per heavy atom. The first-order chi connectivity index (χ1) is 14.3. The summed E-state index contributed by atoms with van der Waals surface area (Å²) < 4.78 is 28.3. The van der Waals surface area contributed by atoms with Gasteiger partial charge in [-0.05, 0) is 48.7 Å². The average molecular weight is 429 g/mol. The van der Waals surface area contributed by atoms with Gasteiger partial charge in [-0.3, -0.25) is 9.78 Å². The van der Waals surface area contributed by atoms with E-state index >= 15 is 0 Å². The van der Waals surface area contributed by atoms with Crippen LogP contribution in [0.5, 0.6) is 0 Å². The van der Waals surface area contributed by atoms with E-state index in [9.17, 15) is 13.2 Å². The van der Waals surface area contributed by atoms with E-state index in [0.717, 1.165) is 37.2 Å². The van der Waals surface area contributed by atoms with E-state index in [2.05, 4.69) is 28.5 Å². The van der Waals surface area contributed by atoms with Gasteiger partial charge in [0, 0.05) is 36.9 Å². The van der Waals surface area contributed by atoms with Crippen molar-refractivity contribution < 1.29 is 13.2 Å². The minimum atomic E-state index is -3.67. The molecule has 2 aromatic rings. The van der Waals surface area contributed by atoms with Crippen molar-refractivity contribution in [1.82, 2.24) is 14.6 Å². The van der Waals surface area contributed by atoms with E-state index in [4.69, 9.17) is 0 Å². The van der Waals surface area contributed by atoms with Crippen LogP contribution < -0.4 is 9.62 Å². The van der Waals surface area contributed by atoms with Gasteiger partial charge in [0.15, 0.2) is 0 Å². The fourth-order valence-electron chi connectivity index (χ4n) is 4.27. The molecule has 2 aliphatic heterocycles. The highest BCUT2D eigenvalue weighted by atomic mass is 32.2. The number of nitrogens with zero attached hydrogens (tertiary/aromatic N) is 3. The first-order valence-electron chi connectivity index (χ1n) is 10.3. The molecule has 0 aliphatic carbocycles. The van der Waals surface area contributed by atoms with Crippen molar-refractivity contribution in [1.29, 1.82) is 0 Å². The molecule has 3 heterocycles. The number of carbonyl (C=O) groups excluding carboxylic acids is 1. The van der Waals surface area contributed by atoms with Crippen molar-refractivity contribution in [2.24, 2.45) is 0 Å². The number of hydrogen-bond donors (Lipinski definition) is 1. The minimum absolute atomic E-state index is 0.139. The number of benzene rings is 1. The predicted octanol–water partition coefficient (Wildman–Crippen LogP) is 2.28. The molecule has 0 unspecified atom stereocenters. The SMILES string of the molecule is CC1(C)CN(CC(=O)N2CCCC2)c2ccc(S(=O)(=O)NCc3ccccn3)cc21. The maximum Gasteiger partial charge on any atom is 0.242 e. The summed E-state index contributed by atoms with van der Waals surface area (Å²) in [6.45, 7) is 7.01. The molecule has 1 fully saturated rings. The molecule has 8 heteroatoms. The van der Waals surface area contributed by atoms with E-state index < -0.39 is 10.0 Å². The van der Waals surface area contributed by atoms with Gasteiger partial charge in [-0.2, -0.15) is 0 Å². The normalized spacial score (nSPS) is 17.9. The molecule has 0 saturated carbocycles. The van der Waals surface area contributed by atoms with Gasteiger partial charge in [0.05, 0.1) is 23.7 Å². The lowest BCUT2D eigenvalue weighted by Crippen LogP contribution is -2.40. The third-order valence-electron chi connectivity index (χ3n) is 5.89. The number of carbonyl (C=O) groups is 1. The Labute approximate surface area is 178 Å². The Bertz CT molecular complexity index is 1030. The van der Waals surface area contributed by atoms with Gasteiger partial charge in [0.2, 0.25) is 15.9 Å². The van der Waals surface area contributed by atoms with E-state index in [0.29, 0.717) is 18.8 Å². The number of anilines is 1. The number of amides is 1. The molecule has 1 amide bonds. The first-order valence-corrected chi connectivity index (χ1v) is 11.8. The predicted molar refractivity (Wildman–Crippen MR) is 116 cm³/mol. The summed E-state index contributed by atoms with van der Waals surface area (Å²) in [5, 5.41) is 0. The largest absolute Gasteiger partial charge is 0.361 e. The van der Waals surface area contributed by atoms with Crippen LogP contribution in [0.25, 0.3) is 0 Å². The Morgan fingerprint density at radius 3 is 2.63 bits per heavy atom. The summed E-state index contributed by atoms with van der Waals surface area (Å²) in [7, 11) is -3.67. The molecule has 0 spiro atoms. The average Bonchev–Trinajstić information content (AvgIpc) is 3.34. The smallest absolute Gasteiger partial charge is 0.242 e. The van der Waals surface area contributed by atoms with Crippen molar-refractivity contribution in [3.8, 4) is 0 Å². The number of pyridine rings is 1. The van der Waals surface area contributed by atoms with Crippen molar-refractivity contribution >= 4 is 21.6 Å². The number of hydrogen-bond acceptors (Lipinski definition) is 5. The zero-order chi connectivity index (χ0) is 21.4. The molecule has 1 saturated heterocycles. The number of likely N-dealkylation sites (tertiary alicyclic amines) is 1. The molecule has 4 rings (SSSR count). The molecule has 2 aliphatic rings. The zero-order valence-corrected chi connectivity index (χ0v) is 18.3. The van der Waals surface area contributed by atoms with Gasteiger partial charge >= 0.3 is 0 Å². The quantitative estimate of drug-likeness (QED) is 0.763. The summed E-state index contributed by atoms with van der Waals surface area (Å²) in [4.78, 5) is 21.0. The van der Waals surface area contributed by atoms with Gasteiger partial charge in [-0.15, -0.1) is 0 Å². The molecule has 1 aromatic carbocycles.